The minimum atomic E-state index is 0.685. The fraction of sp³-hybridized carbons (Fsp3) is 0.462. The third-order valence-corrected chi connectivity index (χ3v) is 3.13. The van der Waals surface area contributed by atoms with E-state index in [9.17, 15) is 4.79 Å². The molecular formula is C13H18O2. The molecule has 0 heterocycles. The molecule has 2 nitrogen and oxygen atoms in total. The molecule has 0 aliphatic heterocycles. The van der Waals surface area contributed by atoms with Crippen LogP contribution in [0.4, 0.5) is 0 Å². The summed E-state index contributed by atoms with van der Waals surface area (Å²) in [6, 6.07) is 0. The number of aldehydes is 1. The first kappa shape index (κ1) is 11.8. The smallest absolute Gasteiger partial charge is 0.154 e. The van der Waals surface area contributed by atoms with E-state index in [1.807, 2.05) is 13.8 Å². The lowest BCUT2D eigenvalue weighted by Gasteiger charge is -2.17. The molecule has 0 amide bonds. The largest absolute Gasteiger partial charge is 0.496 e. The predicted octanol–water partition coefficient (Wildman–Crippen LogP) is 3.00. The summed E-state index contributed by atoms with van der Waals surface area (Å²) in [5.74, 6) is 0.727. The molecule has 0 saturated heterocycles. The van der Waals surface area contributed by atoms with E-state index >= 15 is 0 Å². The van der Waals surface area contributed by atoms with Crippen molar-refractivity contribution < 1.29 is 9.53 Å². The lowest BCUT2D eigenvalue weighted by Crippen LogP contribution is -2.04. The molecule has 0 N–H and O–H groups in total. The van der Waals surface area contributed by atoms with Crippen LogP contribution < -0.4 is 4.74 Å². The number of carbonyl (C=O) groups is 1. The zero-order valence-electron chi connectivity index (χ0n) is 10.1. The summed E-state index contributed by atoms with van der Waals surface area (Å²) in [5, 5.41) is 0. The van der Waals surface area contributed by atoms with Gasteiger partial charge in [-0.1, -0.05) is 6.92 Å². The molecule has 15 heavy (non-hydrogen) atoms. The molecule has 0 bridgehead atoms. The van der Waals surface area contributed by atoms with E-state index in [2.05, 4.69) is 13.8 Å². The van der Waals surface area contributed by atoms with Gasteiger partial charge in [-0.05, 0) is 49.4 Å². The first-order valence-electron chi connectivity index (χ1n) is 5.20. The SMILES string of the molecule is CCc1c(C)c(C)c(C=O)c(OC)c1C. The van der Waals surface area contributed by atoms with E-state index in [4.69, 9.17) is 4.74 Å². The van der Waals surface area contributed by atoms with Gasteiger partial charge < -0.3 is 4.74 Å². The minimum absolute atomic E-state index is 0.685. The Bertz CT molecular complexity index is 392. The summed E-state index contributed by atoms with van der Waals surface area (Å²) >= 11 is 0. The molecule has 0 aliphatic rings. The maximum Gasteiger partial charge on any atom is 0.154 e. The number of rotatable bonds is 3. The van der Waals surface area contributed by atoms with E-state index in [0.29, 0.717) is 5.56 Å². The van der Waals surface area contributed by atoms with Gasteiger partial charge in [0.15, 0.2) is 6.29 Å². The Hall–Kier alpha value is -1.31. The fourth-order valence-corrected chi connectivity index (χ4v) is 2.15. The van der Waals surface area contributed by atoms with E-state index in [1.54, 1.807) is 7.11 Å². The number of carbonyl (C=O) groups excluding carboxylic acids is 1. The van der Waals surface area contributed by atoms with Gasteiger partial charge in [-0.25, -0.2) is 0 Å². The zero-order chi connectivity index (χ0) is 11.6. The predicted molar refractivity (Wildman–Crippen MR) is 62.0 cm³/mol. The van der Waals surface area contributed by atoms with Crippen LogP contribution in [0, 0.1) is 20.8 Å². The van der Waals surface area contributed by atoms with Gasteiger partial charge in [0.05, 0.1) is 12.7 Å². The lowest BCUT2D eigenvalue weighted by molar-refractivity contribution is 0.111. The highest BCUT2D eigenvalue weighted by Gasteiger charge is 2.16. The Kier molecular flexibility index (Phi) is 3.51. The summed E-state index contributed by atoms with van der Waals surface area (Å²) in [4.78, 5) is 11.0. The maximum atomic E-state index is 11.0. The standard InChI is InChI=1S/C13H18O2/c1-6-11-8(2)9(3)12(7-14)13(15-5)10(11)4/h7H,6H2,1-5H3. The van der Waals surface area contributed by atoms with Crippen molar-refractivity contribution in [3.8, 4) is 5.75 Å². The van der Waals surface area contributed by atoms with Crippen LogP contribution in [0.5, 0.6) is 5.75 Å². The topological polar surface area (TPSA) is 26.3 Å². The van der Waals surface area contributed by atoms with Crippen molar-refractivity contribution in [1.82, 2.24) is 0 Å². The first-order valence-corrected chi connectivity index (χ1v) is 5.20. The number of hydrogen-bond acceptors (Lipinski definition) is 2. The Morgan fingerprint density at radius 3 is 2.13 bits per heavy atom. The molecule has 82 valence electrons. The lowest BCUT2D eigenvalue weighted by atomic mass is 9.91. The molecule has 1 aromatic carbocycles. The van der Waals surface area contributed by atoms with Crippen molar-refractivity contribution in [3.05, 3.63) is 27.8 Å². The summed E-state index contributed by atoms with van der Waals surface area (Å²) < 4.78 is 5.31. The van der Waals surface area contributed by atoms with Crippen molar-refractivity contribution in [2.75, 3.05) is 7.11 Å². The number of ether oxygens (including phenoxy) is 1. The highest BCUT2D eigenvalue weighted by molar-refractivity contribution is 5.84. The molecule has 0 aliphatic carbocycles. The van der Waals surface area contributed by atoms with Crippen molar-refractivity contribution >= 4 is 6.29 Å². The molecule has 1 rings (SSSR count). The van der Waals surface area contributed by atoms with Gasteiger partial charge in [0.1, 0.15) is 5.75 Å². The quantitative estimate of drug-likeness (QED) is 0.711. The van der Waals surface area contributed by atoms with Crippen LogP contribution in [0.1, 0.15) is 39.5 Å². The normalized spacial score (nSPS) is 10.2. The van der Waals surface area contributed by atoms with E-state index in [0.717, 1.165) is 29.6 Å². The molecule has 0 unspecified atom stereocenters. The molecule has 0 fully saturated rings. The van der Waals surface area contributed by atoms with Gasteiger partial charge >= 0.3 is 0 Å². The van der Waals surface area contributed by atoms with Gasteiger partial charge in [0.25, 0.3) is 0 Å². The second-order valence-electron chi connectivity index (χ2n) is 3.77. The van der Waals surface area contributed by atoms with Gasteiger partial charge in [-0.15, -0.1) is 0 Å². The molecule has 1 aromatic rings. The third-order valence-electron chi connectivity index (χ3n) is 3.13. The van der Waals surface area contributed by atoms with Crippen molar-refractivity contribution in [2.45, 2.75) is 34.1 Å². The average Bonchev–Trinajstić information content (AvgIpc) is 2.23. The molecule has 0 spiro atoms. The maximum absolute atomic E-state index is 11.0. The zero-order valence-corrected chi connectivity index (χ0v) is 10.1. The number of methoxy groups -OCH3 is 1. The summed E-state index contributed by atoms with van der Waals surface area (Å²) in [5.41, 5.74) is 5.30. The van der Waals surface area contributed by atoms with Crippen LogP contribution in [0.25, 0.3) is 0 Å². The van der Waals surface area contributed by atoms with Crippen LogP contribution >= 0.6 is 0 Å². The fourth-order valence-electron chi connectivity index (χ4n) is 2.15. The Balaban J connectivity index is 3.64. The Morgan fingerprint density at radius 2 is 1.73 bits per heavy atom. The van der Waals surface area contributed by atoms with Gasteiger partial charge in [-0.2, -0.15) is 0 Å². The second-order valence-corrected chi connectivity index (χ2v) is 3.77. The van der Waals surface area contributed by atoms with Crippen LogP contribution in [0.15, 0.2) is 0 Å². The first-order chi connectivity index (χ1) is 7.08. The van der Waals surface area contributed by atoms with Crippen LogP contribution in [-0.2, 0) is 6.42 Å². The monoisotopic (exact) mass is 206 g/mol. The number of hydrogen-bond donors (Lipinski definition) is 0. The second kappa shape index (κ2) is 4.47. The van der Waals surface area contributed by atoms with Crippen molar-refractivity contribution in [2.24, 2.45) is 0 Å². The van der Waals surface area contributed by atoms with E-state index in [1.165, 1.54) is 11.1 Å². The van der Waals surface area contributed by atoms with Gasteiger partial charge in [0.2, 0.25) is 0 Å². The van der Waals surface area contributed by atoms with Crippen molar-refractivity contribution in [3.63, 3.8) is 0 Å². The van der Waals surface area contributed by atoms with E-state index in [-0.39, 0.29) is 0 Å². The number of benzene rings is 1. The van der Waals surface area contributed by atoms with Gasteiger partial charge in [-0.3, -0.25) is 4.79 Å². The minimum Gasteiger partial charge on any atom is -0.496 e. The highest BCUT2D eigenvalue weighted by atomic mass is 16.5. The highest BCUT2D eigenvalue weighted by Crippen LogP contribution is 2.32. The van der Waals surface area contributed by atoms with E-state index < -0.39 is 0 Å². The summed E-state index contributed by atoms with van der Waals surface area (Å²) in [7, 11) is 1.61. The molecular weight excluding hydrogens is 188 g/mol. The summed E-state index contributed by atoms with van der Waals surface area (Å²) in [6.07, 6.45) is 1.85. The molecule has 0 saturated carbocycles. The average molecular weight is 206 g/mol. The third kappa shape index (κ3) is 1.76. The summed E-state index contributed by atoms with van der Waals surface area (Å²) in [6.45, 7) is 8.17. The molecule has 0 atom stereocenters. The van der Waals surface area contributed by atoms with Crippen LogP contribution in [0.3, 0.4) is 0 Å². The molecule has 0 radical (unpaired) electrons. The van der Waals surface area contributed by atoms with Crippen LogP contribution in [0.2, 0.25) is 0 Å². The Labute approximate surface area is 91.3 Å². The Morgan fingerprint density at radius 1 is 1.13 bits per heavy atom. The van der Waals surface area contributed by atoms with Crippen LogP contribution in [-0.4, -0.2) is 13.4 Å². The van der Waals surface area contributed by atoms with Gasteiger partial charge in [0, 0.05) is 0 Å². The van der Waals surface area contributed by atoms with Crippen molar-refractivity contribution in [1.29, 1.82) is 0 Å². The molecule has 0 aromatic heterocycles. The molecule has 2 heteroatoms.